The van der Waals surface area contributed by atoms with Gasteiger partial charge >= 0.3 is 0 Å². The van der Waals surface area contributed by atoms with Gasteiger partial charge in [-0.05, 0) is 25.7 Å². The second kappa shape index (κ2) is 7.13. The van der Waals surface area contributed by atoms with Crippen molar-refractivity contribution in [3.8, 4) is 0 Å². The van der Waals surface area contributed by atoms with Crippen molar-refractivity contribution in [2.75, 3.05) is 0 Å². The summed E-state index contributed by atoms with van der Waals surface area (Å²) in [6, 6.07) is 0.312. The van der Waals surface area contributed by atoms with Crippen molar-refractivity contribution in [1.29, 1.82) is 0 Å². The first kappa shape index (κ1) is 14.0. The summed E-state index contributed by atoms with van der Waals surface area (Å²) < 4.78 is 0. The smallest absolute Gasteiger partial charge is 0.0802 e. The fraction of sp³-hybridized carbons (Fsp3) is 1.00. The number of hydrogen-bond acceptors (Lipinski definition) is 3. The Morgan fingerprint density at radius 1 is 1.18 bits per heavy atom. The van der Waals surface area contributed by atoms with Gasteiger partial charge in [-0.25, -0.2) is 5.90 Å². The average molecular weight is 203 g/mol. The minimum atomic E-state index is 0. The van der Waals surface area contributed by atoms with Crippen molar-refractivity contribution in [2.24, 2.45) is 11.6 Å². The van der Waals surface area contributed by atoms with Crippen LogP contribution in [0.5, 0.6) is 0 Å². The van der Waals surface area contributed by atoms with Gasteiger partial charge in [0.25, 0.3) is 0 Å². The van der Waals surface area contributed by atoms with Crippen LogP contribution in [0, 0.1) is 0 Å². The Morgan fingerprint density at radius 2 is 1.82 bits per heavy atom. The lowest BCUT2D eigenvalue weighted by Gasteiger charge is -2.24. The maximum absolute atomic E-state index is 5.67. The van der Waals surface area contributed by atoms with Crippen LogP contribution in [0.15, 0.2) is 0 Å². The number of nitrogens with two attached hydrogens (primary N) is 2. The van der Waals surface area contributed by atoms with Gasteiger partial charge in [-0.1, -0.05) is 0 Å². The van der Waals surface area contributed by atoms with E-state index in [4.69, 9.17) is 11.6 Å². The molecule has 0 aromatic heterocycles. The van der Waals surface area contributed by atoms with E-state index in [-0.39, 0.29) is 30.9 Å². The maximum Gasteiger partial charge on any atom is 0.0802 e. The molecule has 1 aliphatic rings. The van der Waals surface area contributed by atoms with Gasteiger partial charge in [0.05, 0.1) is 6.10 Å². The molecule has 1 aliphatic carbocycles. The summed E-state index contributed by atoms with van der Waals surface area (Å²) in [6.07, 6.45) is 4.50. The summed E-state index contributed by atoms with van der Waals surface area (Å²) in [5, 5.41) is 0. The van der Waals surface area contributed by atoms with Crippen molar-refractivity contribution in [2.45, 2.75) is 37.8 Å². The molecule has 0 aromatic rings. The minimum Gasteiger partial charge on any atom is -0.328 e. The summed E-state index contributed by atoms with van der Waals surface area (Å²) in [6.45, 7) is 0. The molecule has 1 fully saturated rings. The van der Waals surface area contributed by atoms with E-state index in [9.17, 15) is 0 Å². The van der Waals surface area contributed by atoms with E-state index in [2.05, 4.69) is 4.84 Å². The summed E-state index contributed by atoms with van der Waals surface area (Å²) >= 11 is 0. The lowest BCUT2D eigenvalue weighted by atomic mass is 9.94. The van der Waals surface area contributed by atoms with E-state index in [0.717, 1.165) is 25.7 Å². The van der Waals surface area contributed by atoms with Crippen molar-refractivity contribution in [3.63, 3.8) is 0 Å². The van der Waals surface area contributed by atoms with E-state index in [0.29, 0.717) is 6.04 Å². The molecule has 11 heavy (non-hydrogen) atoms. The highest BCUT2D eigenvalue weighted by molar-refractivity contribution is 5.85. The van der Waals surface area contributed by atoms with Crippen molar-refractivity contribution < 1.29 is 4.84 Å². The molecule has 2 atom stereocenters. The Hall–Kier alpha value is 0.460. The van der Waals surface area contributed by atoms with Crippen LogP contribution in [-0.4, -0.2) is 12.1 Å². The minimum absolute atomic E-state index is 0. The molecule has 0 saturated heterocycles. The SMILES string of the molecule is Cl.Cl.NO[C@H]1CCC[C@H](N)C1. The van der Waals surface area contributed by atoms with E-state index >= 15 is 0 Å². The zero-order chi connectivity index (χ0) is 6.69. The molecule has 0 aromatic carbocycles. The second-order valence-electron chi connectivity index (χ2n) is 2.68. The monoisotopic (exact) mass is 202 g/mol. The van der Waals surface area contributed by atoms with Crippen LogP contribution in [0.3, 0.4) is 0 Å². The van der Waals surface area contributed by atoms with Gasteiger partial charge in [-0.15, -0.1) is 24.8 Å². The summed E-state index contributed by atoms with van der Waals surface area (Å²) in [5.74, 6) is 5.01. The summed E-state index contributed by atoms with van der Waals surface area (Å²) in [4.78, 5) is 4.68. The van der Waals surface area contributed by atoms with Gasteiger partial charge in [-0.3, -0.25) is 0 Å². The lowest BCUT2D eigenvalue weighted by molar-refractivity contribution is 0.0229. The molecule has 0 spiro atoms. The summed E-state index contributed by atoms with van der Waals surface area (Å²) in [5.41, 5.74) is 5.67. The van der Waals surface area contributed by atoms with E-state index in [1.54, 1.807) is 0 Å². The fourth-order valence-electron chi connectivity index (χ4n) is 1.30. The van der Waals surface area contributed by atoms with Crippen LogP contribution in [0.2, 0.25) is 0 Å². The molecule has 0 bridgehead atoms. The van der Waals surface area contributed by atoms with Crippen LogP contribution in [0.4, 0.5) is 0 Å². The Kier molecular flexibility index (Phi) is 9.08. The molecule has 3 nitrogen and oxygen atoms in total. The Labute approximate surface area is 79.6 Å². The Bertz CT molecular complexity index is 94.7. The van der Waals surface area contributed by atoms with E-state index < -0.39 is 0 Å². The first-order chi connectivity index (χ1) is 4.33. The average Bonchev–Trinajstić information content (AvgIpc) is 1.88. The topological polar surface area (TPSA) is 61.3 Å². The quantitative estimate of drug-likeness (QED) is 0.624. The standard InChI is InChI=1S/C6H14N2O.2ClH/c7-5-2-1-3-6(4-5)9-8;;/h5-6H,1-4,7-8H2;2*1H/t5-,6-;;/m0../s1. The first-order valence-electron chi connectivity index (χ1n) is 3.44. The molecule has 0 heterocycles. The van der Waals surface area contributed by atoms with Gasteiger partial charge in [0.1, 0.15) is 0 Å². The fourth-order valence-corrected chi connectivity index (χ4v) is 1.30. The molecule has 0 aliphatic heterocycles. The van der Waals surface area contributed by atoms with E-state index in [1.165, 1.54) is 0 Å². The number of hydrogen-bond donors (Lipinski definition) is 2. The predicted octanol–water partition coefficient (Wildman–Crippen LogP) is 0.990. The molecule has 70 valence electrons. The van der Waals surface area contributed by atoms with Crippen LogP contribution in [0.1, 0.15) is 25.7 Å². The van der Waals surface area contributed by atoms with Crippen molar-refractivity contribution in [3.05, 3.63) is 0 Å². The van der Waals surface area contributed by atoms with Crippen LogP contribution in [-0.2, 0) is 4.84 Å². The molecule has 0 amide bonds. The lowest BCUT2D eigenvalue weighted by Crippen LogP contribution is -2.33. The third-order valence-corrected chi connectivity index (χ3v) is 1.86. The third-order valence-electron chi connectivity index (χ3n) is 1.86. The van der Waals surface area contributed by atoms with Gasteiger partial charge in [0.2, 0.25) is 0 Å². The maximum atomic E-state index is 5.67. The van der Waals surface area contributed by atoms with Crippen LogP contribution in [0.25, 0.3) is 0 Å². The van der Waals surface area contributed by atoms with E-state index in [1.807, 2.05) is 0 Å². The summed E-state index contributed by atoms with van der Waals surface area (Å²) in [7, 11) is 0. The normalized spacial score (nSPS) is 30.0. The van der Waals surface area contributed by atoms with Gasteiger partial charge in [-0.2, -0.15) is 0 Å². The molecule has 1 saturated carbocycles. The first-order valence-corrected chi connectivity index (χ1v) is 3.44. The molecule has 5 heteroatoms. The highest BCUT2D eigenvalue weighted by Gasteiger charge is 2.18. The molecule has 1 rings (SSSR count). The van der Waals surface area contributed by atoms with Crippen molar-refractivity contribution in [1.82, 2.24) is 0 Å². The highest BCUT2D eigenvalue weighted by atomic mass is 35.5. The van der Waals surface area contributed by atoms with Crippen LogP contribution < -0.4 is 11.6 Å². The van der Waals surface area contributed by atoms with Gasteiger partial charge in [0.15, 0.2) is 0 Å². The van der Waals surface area contributed by atoms with Gasteiger partial charge < -0.3 is 10.6 Å². The van der Waals surface area contributed by atoms with Gasteiger partial charge in [0, 0.05) is 6.04 Å². The zero-order valence-corrected chi connectivity index (χ0v) is 8.00. The van der Waals surface area contributed by atoms with Crippen LogP contribution >= 0.6 is 24.8 Å². The molecular weight excluding hydrogens is 187 g/mol. The predicted molar refractivity (Wildman–Crippen MR) is 50.0 cm³/mol. The number of halogens is 2. The molecular formula is C6H16Cl2N2O. The van der Waals surface area contributed by atoms with Crippen molar-refractivity contribution >= 4 is 24.8 Å². The second-order valence-corrected chi connectivity index (χ2v) is 2.68. The largest absolute Gasteiger partial charge is 0.328 e. The number of rotatable bonds is 1. The Morgan fingerprint density at radius 3 is 2.18 bits per heavy atom. The molecule has 0 radical (unpaired) electrons. The Balaban J connectivity index is 0. The molecule has 4 N–H and O–H groups in total. The highest BCUT2D eigenvalue weighted by Crippen LogP contribution is 2.17. The zero-order valence-electron chi connectivity index (χ0n) is 6.36. The molecule has 0 unspecified atom stereocenters. The third kappa shape index (κ3) is 4.82.